The van der Waals surface area contributed by atoms with Gasteiger partial charge >= 0.3 is 59.1 Å². The summed E-state index contributed by atoms with van der Waals surface area (Å²) in [6.45, 7) is 5.96. The molecule has 306 valence electrons. The first-order chi connectivity index (χ1) is 25.9. The van der Waals surface area contributed by atoms with Crippen molar-refractivity contribution >= 4 is 43.7 Å². The number of nitrogens with zero attached hydrogens (tertiary/aromatic N) is 4. The van der Waals surface area contributed by atoms with Gasteiger partial charge in [-0.1, -0.05) is 117 Å². The third-order valence-electron chi connectivity index (χ3n) is 9.39. The van der Waals surface area contributed by atoms with E-state index in [1.54, 1.807) is 9.80 Å². The Morgan fingerprint density at radius 2 is 0.750 bits per heavy atom. The maximum Gasteiger partial charge on any atom is 1.00 e. The van der Waals surface area contributed by atoms with Crippen molar-refractivity contribution in [1.82, 2.24) is 0 Å². The van der Waals surface area contributed by atoms with Crippen LogP contribution in [0.25, 0.3) is 0 Å². The Morgan fingerprint density at radius 1 is 0.482 bits per heavy atom. The summed E-state index contributed by atoms with van der Waals surface area (Å²) in [6.07, 6.45) is 20.8. The Kier molecular flexibility index (Phi) is 31.0. The predicted molar refractivity (Wildman–Crippen MR) is 215 cm³/mol. The SMILES string of the molecule is CCCCCCCCCCN(C([O-])=NCCCCCCN=C([O-])N(CCCCCCCCCC)c1ccc(S(=O)(=O)O)cc1)c1ccc(S(=O)(=O)O)cc1.[Na+].[Na+]. The van der Waals surface area contributed by atoms with Crippen molar-refractivity contribution in [2.45, 2.75) is 152 Å². The van der Waals surface area contributed by atoms with Gasteiger partial charge in [-0.05, 0) is 74.2 Å². The minimum Gasteiger partial charge on any atom is -0.846 e. The normalized spacial score (nSPS) is 12.2. The molecule has 0 saturated heterocycles. The topological polar surface area (TPSA) is 186 Å². The van der Waals surface area contributed by atoms with E-state index in [1.165, 1.54) is 99.9 Å². The Bertz CT molecular complexity index is 1480. The van der Waals surface area contributed by atoms with Crippen molar-refractivity contribution < 1.29 is 95.3 Å². The van der Waals surface area contributed by atoms with Crippen LogP contribution in [0.4, 0.5) is 11.4 Å². The van der Waals surface area contributed by atoms with Gasteiger partial charge in [-0.2, -0.15) is 16.8 Å². The van der Waals surface area contributed by atoms with Gasteiger partial charge in [0.15, 0.2) is 0 Å². The molecule has 0 bridgehead atoms. The molecule has 0 aliphatic rings. The summed E-state index contributed by atoms with van der Waals surface area (Å²) in [4.78, 5) is 11.2. The van der Waals surface area contributed by atoms with E-state index in [4.69, 9.17) is 0 Å². The first kappa shape index (κ1) is 54.8. The zero-order valence-corrected chi connectivity index (χ0v) is 40.2. The number of rotatable bonds is 29. The fraction of sp³-hybridized carbons (Fsp3) is 0.650. The molecule has 0 fully saturated rings. The van der Waals surface area contributed by atoms with Crippen molar-refractivity contribution in [1.29, 1.82) is 0 Å². The summed E-state index contributed by atoms with van der Waals surface area (Å²) in [5, 5.41) is 26.4. The zero-order valence-electron chi connectivity index (χ0n) is 34.5. The van der Waals surface area contributed by atoms with E-state index in [0.717, 1.165) is 64.2 Å². The largest absolute Gasteiger partial charge is 1.00 e. The number of hydrogen-bond donors (Lipinski definition) is 2. The van der Waals surface area contributed by atoms with Gasteiger partial charge in [0.2, 0.25) is 0 Å². The Balaban J connectivity index is 0.0000151. The van der Waals surface area contributed by atoms with Crippen molar-refractivity contribution in [3.05, 3.63) is 48.5 Å². The number of aliphatic imine (C=N–C) groups is 2. The van der Waals surface area contributed by atoms with Crippen LogP contribution < -0.4 is 79.1 Å². The van der Waals surface area contributed by atoms with Crippen LogP contribution in [0.1, 0.15) is 142 Å². The summed E-state index contributed by atoms with van der Waals surface area (Å²) < 4.78 is 64.8. The molecule has 2 aromatic carbocycles. The molecular weight excluding hydrogens is 775 g/mol. The minimum atomic E-state index is -4.34. The van der Waals surface area contributed by atoms with E-state index in [0.29, 0.717) is 50.4 Å². The molecule has 16 heteroatoms. The third kappa shape index (κ3) is 23.4. The molecule has 0 saturated carbocycles. The van der Waals surface area contributed by atoms with Gasteiger partial charge in [0.25, 0.3) is 20.2 Å². The van der Waals surface area contributed by atoms with E-state index in [9.17, 15) is 36.2 Å². The van der Waals surface area contributed by atoms with Crippen molar-refractivity contribution in [3.63, 3.8) is 0 Å². The van der Waals surface area contributed by atoms with E-state index < -0.39 is 20.2 Å². The molecule has 0 aliphatic carbocycles. The second-order valence-corrected chi connectivity index (χ2v) is 16.8. The number of amidine groups is 2. The number of anilines is 2. The second kappa shape index (κ2) is 31.7. The number of unbranched alkanes of at least 4 members (excludes halogenated alkanes) is 17. The van der Waals surface area contributed by atoms with Crippen LogP contribution in [0.5, 0.6) is 0 Å². The summed E-state index contributed by atoms with van der Waals surface area (Å²) in [5.74, 6) is 0. The molecule has 2 aromatic rings. The Labute approximate surface area is 382 Å². The Morgan fingerprint density at radius 3 is 1.04 bits per heavy atom. The van der Waals surface area contributed by atoms with Gasteiger partial charge in [-0.3, -0.25) is 19.1 Å². The molecular formula is C40H64N4Na2O8S2. The fourth-order valence-corrected chi connectivity index (χ4v) is 7.13. The van der Waals surface area contributed by atoms with Gasteiger partial charge in [0.1, 0.15) is 0 Å². The van der Waals surface area contributed by atoms with Gasteiger partial charge in [-0.15, -0.1) is 0 Å². The van der Waals surface area contributed by atoms with Crippen LogP contribution in [0, 0.1) is 0 Å². The third-order valence-corrected chi connectivity index (χ3v) is 11.1. The second-order valence-electron chi connectivity index (χ2n) is 13.9. The van der Waals surface area contributed by atoms with Crippen molar-refractivity contribution in [3.8, 4) is 0 Å². The van der Waals surface area contributed by atoms with E-state index in [1.807, 2.05) is 0 Å². The van der Waals surface area contributed by atoms with Gasteiger partial charge in [0, 0.05) is 37.6 Å². The number of benzene rings is 2. The zero-order chi connectivity index (χ0) is 39.7. The maximum atomic E-state index is 13.2. The van der Waals surface area contributed by atoms with Crippen LogP contribution >= 0.6 is 0 Å². The van der Waals surface area contributed by atoms with Gasteiger partial charge in [0.05, 0.1) is 21.8 Å². The van der Waals surface area contributed by atoms with Crippen LogP contribution in [0.2, 0.25) is 0 Å². The molecule has 0 atom stereocenters. The number of hydrogen-bond acceptors (Lipinski definition) is 8. The van der Waals surface area contributed by atoms with E-state index >= 15 is 0 Å². The van der Waals surface area contributed by atoms with Crippen LogP contribution in [-0.4, -0.2) is 64.2 Å². The Hall–Kier alpha value is -1.20. The summed E-state index contributed by atoms with van der Waals surface area (Å²) in [6, 6.07) is 10.4. The molecule has 2 N–H and O–H groups in total. The van der Waals surface area contributed by atoms with Crippen LogP contribution in [0.3, 0.4) is 0 Å². The average Bonchev–Trinajstić information content (AvgIpc) is 3.14. The first-order valence-electron chi connectivity index (χ1n) is 20.0. The molecule has 0 aromatic heterocycles. The molecule has 0 heterocycles. The smallest absolute Gasteiger partial charge is 0.846 e. The summed E-state index contributed by atoms with van der Waals surface area (Å²) in [7, 11) is -8.69. The first-order valence-corrected chi connectivity index (χ1v) is 22.9. The summed E-state index contributed by atoms with van der Waals surface area (Å²) in [5.41, 5.74) is 1.05. The molecule has 2 rings (SSSR count). The van der Waals surface area contributed by atoms with E-state index in [2.05, 4.69) is 23.8 Å². The monoisotopic (exact) mass is 838 g/mol. The summed E-state index contributed by atoms with van der Waals surface area (Å²) >= 11 is 0. The quantitative estimate of drug-likeness (QED) is 0.0403. The van der Waals surface area contributed by atoms with Gasteiger partial charge < -0.3 is 20.0 Å². The molecule has 0 unspecified atom stereocenters. The van der Waals surface area contributed by atoms with Crippen molar-refractivity contribution in [2.24, 2.45) is 9.98 Å². The maximum absolute atomic E-state index is 13.2. The molecule has 0 spiro atoms. The minimum absolute atomic E-state index is 0. The molecule has 0 aliphatic heterocycles. The molecule has 12 nitrogen and oxygen atoms in total. The standard InChI is InChI=1S/C40H66N4O8S2.2Na/c1-3-5-7-9-11-13-17-21-33-43(35-23-27-37(28-24-35)53(47,48)49)39(45)41-31-19-15-16-20-32-42-40(46)44(34-22-18-14-12-10-8-6-4-2)36-25-29-38(30-26-36)54(50,51)52;;/h23-30H,3-22,31-34H2,1-2H3,(H,41,45)(H,42,46)(H,47,48,49)(H,50,51,52);;/q;2*+1/p-2. The van der Waals surface area contributed by atoms with Gasteiger partial charge in [-0.25, -0.2) is 0 Å². The van der Waals surface area contributed by atoms with Crippen molar-refractivity contribution in [2.75, 3.05) is 36.0 Å². The molecule has 56 heavy (non-hydrogen) atoms. The van der Waals surface area contributed by atoms with E-state index in [-0.39, 0.29) is 80.9 Å². The average molecular weight is 839 g/mol. The molecule has 0 radical (unpaired) electrons. The van der Waals surface area contributed by atoms with Crippen LogP contribution in [-0.2, 0) is 20.2 Å². The molecule has 0 amide bonds. The fourth-order valence-electron chi connectivity index (χ4n) is 6.17. The predicted octanol–water partition coefficient (Wildman–Crippen LogP) is 1.78. The van der Waals surface area contributed by atoms with Crippen LogP contribution in [0.15, 0.2) is 68.3 Å².